The van der Waals surface area contributed by atoms with Crippen molar-refractivity contribution < 1.29 is 9.53 Å². The molecule has 7 nitrogen and oxygen atoms in total. The SMILES string of the molecule is COc1ccc(-c2cccc(C(C)(C)N=O)c2)cc1SNc1cccc(NCCNC(=O)c2ccccc2C)c1. The fraction of sp³-hybridized carbons (Fsp3) is 0.219. The molecule has 8 heteroatoms. The number of hydrogen-bond acceptors (Lipinski definition) is 7. The van der Waals surface area contributed by atoms with Gasteiger partial charge in [-0.3, -0.25) is 4.79 Å². The number of amides is 1. The van der Waals surface area contributed by atoms with Gasteiger partial charge in [-0.25, -0.2) is 0 Å². The number of nitroso groups, excluding NO2 is 1. The minimum absolute atomic E-state index is 0.0706. The smallest absolute Gasteiger partial charge is 0.251 e. The van der Waals surface area contributed by atoms with E-state index >= 15 is 0 Å². The fourth-order valence-electron chi connectivity index (χ4n) is 4.18. The van der Waals surface area contributed by atoms with E-state index in [2.05, 4.69) is 26.6 Å². The van der Waals surface area contributed by atoms with Crippen molar-refractivity contribution in [3.8, 4) is 16.9 Å². The summed E-state index contributed by atoms with van der Waals surface area (Å²) in [5.74, 6) is 0.685. The Morgan fingerprint density at radius 3 is 2.40 bits per heavy atom. The lowest BCUT2D eigenvalue weighted by Gasteiger charge is -2.17. The third kappa shape index (κ3) is 7.21. The monoisotopic (exact) mass is 554 g/mol. The summed E-state index contributed by atoms with van der Waals surface area (Å²) < 4.78 is 9.01. The maximum Gasteiger partial charge on any atom is 0.251 e. The van der Waals surface area contributed by atoms with Gasteiger partial charge >= 0.3 is 0 Å². The lowest BCUT2D eigenvalue weighted by atomic mass is 9.92. The number of nitrogens with zero attached hydrogens (tertiary/aromatic N) is 1. The van der Waals surface area contributed by atoms with Crippen LogP contribution >= 0.6 is 11.9 Å². The van der Waals surface area contributed by atoms with Gasteiger partial charge in [0.2, 0.25) is 0 Å². The Kier molecular flexibility index (Phi) is 9.45. The highest BCUT2D eigenvalue weighted by Crippen LogP contribution is 2.36. The van der Waals surface area contributed by atoms with Crippen molar-refractivity contribution in [2.75, 3.05) is 30.2 Å². The number of ether oxygens (including phenoxy) is 1. The predicted molar refractivity (Wildman–Crippen MR) is 165 cm³/mol. The molecule has 0 aliphatic heterocycles. The lowest BCUT2D eigenvalue weighted by molar-refractivity contribution is 0.0954. The number of carbonyl (C=O) groups is 1. The van der Waals surface area contributed by atoms with Crippen molar-refractivity contribution in [2.24, 2.45) is 5.18 Å². The zero-order valence-electron chi connectivity index (χ0n) is 23.2. The molecule has 206 valence electrons. The van der Waals surface area contributed by atoms with Gasteiger partial charge in [0.15, 0.2) is 0 Å². The lowest BCUT2D eigenvalue weighted by Crippen LogP contribution is -2.29. The number of aryl methyl sites for hydroxylation is 1. The average Bonchev–Trinajstić information content (AvgIpc) is 2.98. The van der Waals surface area contributed by atoms with Crippen LogP contribution in [0.2, 0.25) is 0 Å². The molecular formula is C32H34N4O3S. The first-order valence-electron chi connectivity index (χ1n) is 13.0. The Labute approximate surface area is 239 Å². The van der Waals surface area contributed by atoms with E-state index in [0.29, 0.717) is 18.7 Å². The third-order valence-electron chi connectivity index (χ3n) is 6.56. The summed E-state index contributed by atoms with van der Waals surface area (Å²) in [5.41, 5.74) is 5.59. The van der Waals surface area contributed by atoms with E-state index in [9.17, 15) is 9.70 Å². The molecule has 0 aliphatic rings. The van der Waals surface area contributed by atoms with E-state index in [4.69, 9.17) is 4.74 Å². The van der Waals surface area contributed by atoms with E-state index in [-0.39, 0.29) is 5.91 Å². The number of methoxy groups -OCH3 is 1. The normalized spacial score (nSPS) is 11.0. The summed E-state index contributed by atoms with van der Waals surface area (Å²) >= 11 is 1.46. The van der Waals surface area contributed by atoms with Crippen molar-refractivity contribution in [3.63, 3.8) is 0 Å². The molecule has 0 spiro atoms. The molecule has 0 saturated carbocycles. The van der Waals surface area contributed by atoms with Crippen LogP contribution in [0.5, 0.6) is 5.75 Å². The van der Waals surface area contributed by atoms with Gasteiger partial charge in [-0.15, -0.1) is 4.91 Å². The van der Waals surface area contributed by atoms with Gasteiger partial charge in [-0.05, 0) is 97.4 Å². The zero-order valence-corrected chi connectivity index (χ0v) is 24.0. The van der Waals surface area contributed by atoms with Crippen molar-refractivity contribution in [1.82, 2.24) is 5.32 Å². The minimum Gasteiger partial charge on any atom is -0.496 e. The molecule has 0 atom stereocenters. The Morgan fingerprint density at radius 1 is 0.875 bits per heavy atom. The molecule has 4 rings (SSSR count). The molecule has 3 N–H and O–H groups in total. The van der Waals surface area contributed by atoms with Crippen LogP contribution in [0.1, 0.15) is 35.3 Å². The molecule has 0 unspecified atom stereocenters. The first kappa shape index (κ1) is 28.7. The van der Waals surface area contributed by atoms with Gasteiger partial charge in [0, 0.05) is 30.0 Å². The van der Waals surface area contributed by atoms with Crippen LogP contribution in [0.15, 0.2) is 101 Å². The number of nitrogens with one attached hydrogen (secondary N) is 3. The minimum atomic E-state index is -0.798. The van der Waals surface area contributed by atoms with Crippen LogP contribution < -0.4 is 20.1 Å². The molecule has 0 aromatic heterocycles. The summed E-state index contributed by atoms with van der Waals surface area (Å²) in [5, 5.41) is 9.60. The van der Waals surface area contributed by atoms with E-state index in [1.54, 1.807) is 7.11 Å². The second-order valence-electron chi connectivity index (χ2n) is 9.88. The molecule has 1 amide bonds. The van der Waals surface area contributed by atoms with E-state index < -0.39 is 5.54 Å². The molecule has 0 radical (unpaired) electrons. The Hall–Kier alpha value is -4.30. The van der Waals surface area contributed by atoms with Crippen LogP contribution in [0, 0.1) is 11.8 Å². The Balaban J connectivity index is 1.38. The van der Waals surface area contributed by atoms with Crippen molar-refractivity contribution >= 4 is 29.2 Å². The molecule has 0 aliphatic carbocycles. The second-order valence-corrected chi connectivity index (χ2v) is 10.7. The molecule has 40 heavy (non-hydrogen) atoms. The summed E-state index contributed by atoms with van der Waals surface area (Å²) in [6.07, 6.45) is 0. The maximum atomic E-state index is 12.4. The van der Waals surface area contributed by atoms with Crippen molar-refractivity contribution in [2.45, 2.75) is 31.2 Å². The highest BCUT2D eigenvalue weighted by molar-refractivity contribution is 8.00. The third-order valence-corrected chi connectivity index (χ3v) is 7.44. The van der Waals surface area contributed by atoms with Gasteiger partial charge in [0.05, 0.1) is 12.0 Å². The molecule has 4 aromatic carbocycles. The highest BCUT2D eigenvalue weighted by Gasteiger charge is 2.21. The van der Waals surface area contributed by atoms with Crippen LogP contribution in [-0.2, 0) is 5.54 Å². The Morgan fingerprint density at radius 2 is 1.62 bits per heavy atom. The summed E-state index contributed by atoms with van der Waals surface area (Å²) in [4.78, 5) is 24.7. The quantitative estimate of drug-likeness (QED) is 0.0947. The number of anilines is 2. The van der Waals surface area contributed by atoms with E-state index in [1.807, 2.05) is 106 Å². The van der Waals surface area contributed by atoms with Crippen LogP contribution in [0.25, 0.3) is 11.1 Å². The molecular weight excluding hydrogens is 520 g/mol. The van der Waals surface area contributed by atoms with Gasteiger partial charge < -0.3 is 20.1 Å². The van der Waals surface area contributed by atoms with Gasteiger partial charge in [0.1, 0.15) is 11.3 Å². The molecule has 0 fully saturated rings. The van der Waals surface area contributed by atoms with Gasteiger partial charge in [-0.1, -0.05) is 53.7 Å². The number of carbonyl (C=O) groups excluding carboxylic acids is 1. The molecule has 0 bridgehead atoms. The van der Waals surface area contributed by atoms with E-state index in [1.165, 1.54) is 11.9 Å². The first-order valence-corrected chi connectivity index (χ1v) is 13.9. The fourth-order valence-corrected chi connectivity index (χ4v) is 4.97. The van der Waals surface area contributed by atoms with Crippen molar-refractivity contribution in [3.05, 3.63) is 113 Å². The van der Waals surface area contributed by atoms with Gasteiger partial charge in [-0.2, -0.15) is 0 Å². The largest absolute Gasteiger partial charge is 0.496 e. The van der Waals surface area contributed by atoms with E-state index in [0.717, 1.165) is 44.3 Å². The van der Waals surface area contributed by atoms with Crippen LogP contribution in [0.3, 0.4) is 0 Å². The number of rotatable bonds is 12. The average molecular weight is 555 g/mol. The maximum absolute atomic E-state index is 12.4. The standard InChI is InChI=1S/C32H34N4O3S/c1-22-9-5-6-14-28(22)31(37)34-18-17-33-26-12-8-13-27(21-26)35-40-30-20-24(15-16-29(30)39-4)23-10-7-11-25(19-23)32(2,3)36-38/h5-16,19-21,33,35H,17-18H2,1-4H3,(H,34,37). The summed E-state index contributed by atoms with van der Waals surface area (Å²) in [6, 6.07) is 29.4. The highest BCUT2D eigenvalue weighted by atomic mass is 32.2. The summed E-state index contributed by atoms with van der Waals surface area (Å²) in [6.45, 7) is 6.65. The number of benzene rings is 4. The summed E-state index contributed by atoms with van der Waals surface area (Å²) in [7, 11) is 1.65. The second kappa shape index (κ2) is 13.2. The van der Waals surface area contributed by atoms with Crippen molar-refractivity contribution in [1.29, 1.82) is 0 Å². The molecule has 4 aromatic rings. The predicted octanol–water partition coefficient (Wildman–Crippen LogP) is 7.63. The topological polar surface area (TPSA) is 91.8 Å². The number of hydrogen-bond donors (Lipinski definition) is 3. The van der Waals surface area contributed by atoms with Crippen LogP contribution in [0.4, 0.5) is 11.4 Å². The zero-order chi connectivity index (χ0) is 28.5. The van der Waals surface area contributed by atoms with Crippen LogP contribution in [-0.4, -0.2) is 26.1 Å². The van der Waals surface area contributed by atoms with Gasteiger partial charge in [0.25, 0.3) is 5.91 Å². The Bertz CT molecular complexity index is 1490. The first-order chi connectivity index (χ1) is 19.3. The molecule has 0 heterocycles. The molecule has 0 saturated heterocycles.